The Bertz CT molecular complexity index is 1250. The van der Waals surface area contributed by atoms with Gasteiger partial charge in [0.1, 0.15) is 21.6 Å². The number of carbonyl (C=O) groups is 2. The molecule has 1 aliphatic carbocycles. The van der Waals surface area contributed by atoms with Crippen LogP contribution in [0.1, 0.15) is 41.7 Å². The minimum atomic E-state index is -0.835. The number of nitrogens with one attached hydrogen (secondary N) is 1. The number of ether oxygens (including phenoxy) is 1. The van der Waals surface area contributed by atoms with E-state index in [0.717, 1.165) is 35.5 Å². The van der Waals surface area contributed by atoms with Gasteiger partial charge in [-0.3, -0.25) is 9.78 Å². The molecule has 2 amide bonds. The summed E-state index contributed by atoms with van der Waals surface area (Å²) >= 11 is 0.823. The van der Waals surface area contributed by atoms with Gasteiger partial charge in [0.2, 0.25) is 0 Å². The van der Waals surface area contributed by atoms with Crippen LogP contribution in [0.15, 0.2) is 36.7 Å². The Morgan fingerprint density at radius 2 is 1.94 bits per heavy atom. The Morgan fingerprint density at radius 1 is 1.22 bits per heavy atom. The van der Waals surface area contributed by atoms with Crippen LogP contribution in [0.2, 0.25) is 0 Å². The molecule has 0 unspecified atom stereocenters. The van der Waals surface area contributed by atoms with Gasteiger partial charge in [-0.05, 0) is 48.4 Å². The van der Waals surface area contributed by atoms with Crippen molar-refractivity contribution in [1.82, 2.24) is 9.97 Å². The summed E-state index contributed by atoms with van der Waals surface area (Å²) in [4.78, 5) is 32.3. The minimum Gasteiger partial charge on any atom is -0.449 e. The fourth-order valence-electron chi connectivity index (χ4n) is 4.72. The SMILES string of the molecule is C[C@@H]1C[C@H](c2ccncc2NC(=O)c2nc(-c3c(F)cccc3F)sc2N)C[C@H](N)[C@@H]1COC(N)=O. The number of aromatic nitrogens is 2. The van der Waals surface area contributed by atoms with E-state index in [9.17, 15) is 18.4 Å². The first kappa shape index (κ1) is 25.5. The molecule has 0 spiro atoms. The first-order chi connectivity index (χ1) is 17.2. The van der Waals surface area contributed by atoms with Gasteiger partial charge < -0.3 is 27.3 Å². The van der Waals surface area contributed by atoms with Gasteiger partial charge in [-0.15, -0.1) is 0 Å². The molecule has 3 aromatic rings. The second-order valence-electron chi connectivity index (χ2n) is 8.85. The summed E-state index contributed by atoms with van der Waals surface area (Å²) in [7, 11) is 0. The van der Waals surface area contributed by atoms with E-state index in [1.807, 2.05) is 13.0 Å². The standard InChI is InChI=1S/C24H26F2N6O3S/c1-11-7-12(8-17(27)14(11)10-35-24(29)34)13-5-6-30-9-18(13)31-22(33)20-21(28)36-23(32-20)19-15(25)3-2-4-16(19)26/h2-6,9,11-12,14,17H,7-8,10,27-28H2,1H3,(H2,29,34)(H,31,33)/t11-,12+,14-,17+/m1/s1. The number of rotatable bonds is 6. The number of thiazole rings is 1. The van der Waals surface area contributed by atoms with E-state index in [4.69, 9.17) is 21.9 Å². The molecule has 36 heavy (non-hydrogen) atoms. The smallest absolute Gasteiger partial charge is 0.404 e. The van der Waals surface area contributed by atoms with Crippen molar-refractivity contribution in [2.45, 2.75) is 31.7 Å². The number of nitrogens with zero attached hydrogens (tertiary/aromatic N) is 2. The molecule has 1 aromatic carbocycles. The van der Waals surface area contributed by atoms with Crippen LogP contribution in [0.3, 0.4) is 0 Å². The van der Waals surface area contributed by atoms with Crippen molar-refractivity contribution in [2.75, 3.05) is 17.7 Å². The third-order valence-corrected chi connectivity index (χ3v) is 7.40. The lowest BCUT2D eigenvalue weighted by Gasteiger charge is -2.39. The molecule has 0 aliphatic heterocycles. The van der Waals surface area contributed by atoms with Crippen molar-refractivity contribution in [2.24, 2.45) is 23.3 Å². The molecule has 1 saturated carbocycles. The van der Waals surface area contributed by atoms with Crippen LogP contribution < -0.4 is 22.5 Å². The number of amides is 2. The number of benzene rings is 1. The van der Waals surface area contributed by atoms with Crippen LogP contribution in [-0.4, -0.2) is 34.6 Å². The number of hydrogen-bond donors (Lipinski definition) is 4. The van der Waals surface area contributed by atoms with Crippen molar-refractivity contribution in [3.63, 3.8) is 0 Å². The third kappa shape index (κ3) is 5.29. The zero-order valence-corrected chi connectivity index (χ0v) is 20.2. The van der Waals surface area contributed by atoms with E-state index in [-0.39, 0.29) is 51.7 Å². The van der Waals surface area contributed by atoms with Crippen molar-refractivity contribution in [3.05, 3.63) is 59.6 Å². The molecule has 4 rings (SSSR count). The van der Waals surface area contributed by atoms with E-state index < -0.39 is 23.6 Å². The molecule has 0 saturated heterocycles. The second kappa shape index (κ2) is 10.5. The lowest BCUT2D eigenvalue weighted by molar-refractivity contribution is 0.0872. The number of hydrogen-bond acceptors (Lipinski definition) is 8. The summed E-state index contributed by atoms with van der Waals surface area (Å²) in [5.41, 5.74) is 18.3. The van der Waals surface area contributed by atoms with Crippen LogP contribution in [0, 0.1) is 23.5 Å². The van der Waals surface area contributed by atoms with E-state index >= 15 is 0 Å². The lowest BCUT2D eigenvalue weighted by atomic mass is 9.70. The summed E-state index contributed by atoms with van der Waals surface area (Å²) in [5.74, 6) is -2.13. The summed E-state index contributed by atoms with van der Waals surface area (Å²) in [6.07, 6.45) is 3.64. The maximum Gasteiger partial charge on any atom is 0.404 e. The molecule has 9 nitrogen and oxygen atoms in total. The zero-order chi connectivity index (χ0) is 26.0. The average Bonchev–Trinajstić information content (AvgIpc) is 3.19. The van der Waals surface area contributed by atoms with Crippen LogP contribution in [0.4, 0.5) is 24.3 Å². The number of anilines is 2. The fraction of sp³-hybridized carbons (Fsp3) is 0.333. The Balaban J connectivity index is 1.54. The highest BCUT2D eigenvalue weighted by atomic mass is 32.1. The van der Waals surface area contributed by atoms with Crippen LogP contribution in [0.25, 0.3) is 10.6 Å². The maximum absolute atomic E-state index is 14.2. The Morgan fingerprint density at radius 3 is 2.61 bits per heavy atom. The first-order valence-corrected chi connectivity index (χ1v) is 12.1. The molecular formula is C24H26F2N6O3S. The topological polar surface area (TPSA) is 159 Å². The van der Waals surface area contributed by atoms with Gasteiger partial charge in [-0.2, -0.15) is 0 Å². The predicted molar refractivity (Wildman–Crippen MR) is 132 cm³/mol. The molecule has 0 radical (unpaired) electrons. The highest BCUT2D eigenvalue weighted by Crippen LogP contribution is 2.41. The van der Waals surface area contributed by atoms with Gasteiger partial charge in [0.25, 0.3) is 5.91 Å². The number of pyridine rings is 1. The van der Waals surface area contributed by atoms with Crippen LogP contribution in [0.5, 0.6) is 0 Å². The van der Waals surface area contributed by atoms with E-state index in [0.29, 0.717) is 12.1 Å². The van der Waals surface area contributed by atoms with Gasteiger partial charge in [-0.25, -0.2) is 18.6 Å². The molecule has 1 fully saturated rings. The zero-order valence-electron chi connectivity index (χ0n) is 19.4. The largest absolute Gasteiger partial charge is 0.449 e. The molecule has 2 heterocycles. The van der Waals surface area contributed by atoms with E-state index in [1.165, 1.54) is 12.3 Å². The molecule has 4 atom stereocenters. The molecule has 190 valence electrons. The Kier molecular flexibility index (Phi) is 7.45. The predicted octanol–water partition coefficient (Wildman–Crippen LogP) is 3.87. The maximum atomic E-state index is 14.2. The highest BCUT2D eigenvalue weighted by molar-refractivity contribution is 7.19. The third-order valence-electron chi connectivity index (χ3n) is 6.50. The van der Waals surface area contributed by atoms with Crippen molar-refractivity contribution >= 4 is 34.0 Å². The summed E-state index contributed by atoms with van der Waals surface area (Å²) in [5, 5.41) is 2.79. The van der Waals surface area contributed by atoms with Crippen LogP contribution in [-0.2, 0) is 4.74 Å². The molecule has 7 N–H and O–H groups in total. The summed E-state index contributed by atoms with van der Waals surface area (Å²) in [6, 6.07) is 5.02. The number of carbonyl (C=O) groups excluding carboxylic acids is 2. The Hall–Kier alpha value is -3.64. The van der Waals surface area contributed by atoms with Gasteiger partial charge >= 0.3 is 6.09 Å². The summed E-state index contributed by atoms with van der Waals surface area (Å²) in [6.45, 7) is 2.18. The minimum absolute atomic E-state index is 0.00832. The van der Waals surface area contributed by atoms with Crippen LogP contribution >= 0.6 is 11.3 Å². The summed E-state index contributed by atoms with van der Waals surface area (Å²) < 4.78 is 33.4. The van der Waals surface area contributed by atoms with Gasteiger partial charge in [0.15, 0.2) is 5.69 Å². The lowest BCUT2D eigenvalue weighted by Crippen LogP contribution is -2.43. The molecule has 12 heteroatoms. The van der Waals surface area contributed by atoms with Gasteiger partial charge in [-0.1, -0.05) is 24.3 Å². The van der Waals surface area contributed by atoms with Crippen molar-refractivity contribution in [1.29, 1.82) is 0 Å². The average molecular weight is 517 g/mol. The monoisotopic (exact) mass is 516 g/mol. The number of nitrogen functional groups attached to an aromatic ring is 1. The molecular weight excluding hydrogens is 490 g/mol. The van der Waals surface area contributed by atoms with E-state index in [2.05, 4.69) is 15.3 Å². The first-order valence-electron chi connectivity index (χ1n) is 11.3. The molecule has 1 aliphatic rings. The fourth-order valence-corrected chi connectivity index (χ4v) is 5.59. The number of halogens is 2. The quantitative estimate of drug-likeness (QED) is 0.387. The van der Waals surface area contributed by atoms with E-state index in [1.54, 1.807) is 6.20 Å². The number of primary amides is 1. The normalized spacial score (nSPS) is 21.7. The Labute approximate surface area is 210 Å². The van der Waals surface area contributed by atoms with Crippen molar-refractivity contribution in [3.8, 4) is 10.6 Å². The van der Waals surface area contributed by atoms with Gasteiger partial charge in [0, 0.05) is 18.2 Å². The number of nitrogens with two attached hydrogens (primary N) is 3. The van der Waals surface area contributed by atoms with Gasteiger partial charge in [0.05, 0.1) is 24.1 Å². The highest BCUT2D eigenvalue weighted by Gasteiger charge is 2.36. The van der Waals surface area contributed by atoms with Crippen molar-refractivity contribution < 1.29 is 23.1 Å². The molecule has 2 aromatic heterocycles. The molecule has 0 bridgehead atoms. The second-order valence-corrected chi connectivity index (χ2v) is 9.88.